The average molecular weight is 266 g/mol. The SMILES string of the molecule is COc1ccc(OC[C@H](O)C[NH2+]C2CCCC2)cc1. The van der Waals surface area contributed by atoms with Gasteiger partial charge < -0.3 is 19.9 Å². The van der Waals surface area contributed by atoms with Crippen molar-refractivity contribution in [3.63, 3.8) is 0 Å². The Bertz CT molecular complexity index is 360. The second-order valence-electron chi connectivity index (χ2n) is 5.16. The van der Waals surface area contributed by atoms with Crippen molar-refractivity contribution < 1.29 is 19.9 Å². The number of aliphatic hydroxyl groups excluding tert-OH is 1. The lowest BCUT2D eigenvalue weighted by Gasteiger charge is -2.14. The zero-order chi connectivity index (χ0) is 13.5. The summed E-state index contributed by atoms with van der Waals surface area (Å²) in [5, 5.41) is 12.1. The molecule has 1 aromatic carbocycles. The first-order chi connectivity index (χ1) is 9.28. The molecule has 0 aliphatic heterocycles. The van der Waals surface area contributed by atoms with Crippen molar-refractivity contribution in [2.75, 3.05) is 20.3 Å². The second kappa shape index (κ2) is 7.36. The first-order valence-electron chi connectivity index (χ1n) is 7.06. The molecule has 1 fully saturated rings. The highest BCUT2D eigenvalue weighted by Gasteiger charge is 2.19. The summed E-state index contributed by atoms with van der Waals surface area (Å²) in [6, 6.07) is 8.12. The maximum Gasteiger partial charge on any atom is 0.137 e. The van der Waals surface area contributed by atoms with Crippen LogP contribution in [0.5, 0.6) is 11.5 Å². The third-order valence-electron chi connectivity index (χ3n) is 3.64. The number of ether oxygens (including phenoxy) is 2. The number of nitrogens with two attached hydrogens (primary N) is 1. The summed E-state index contributed by atoms with van der Waals surface area (Å²) in [5.41, 5.74) is 0. The molecule has 0 aromatic heterocycles. The summed E-state index contributed by atoms with van der Waals surface area (Å²) in [4.78, 5) is 0. The molecule has 3 N–H and O–H groups in total. The minimum absolute atomic E-state index is 0.343. The third kappa shape index (κ3) is 4.73. The Labute approximate surface area is 114 Å². The zero-order valence-corrected chi connectivity index (χ0v) is 11.5. The van der Waals surface area contributed by atoms with Gasteiger partial charge in [0.15, 0.2) is 0 Å². The van der Waals surface area contributed by atoms with Gasteiger partial charge in [0.2, 0.25) is 0 Å². The second-order valence-corrected chi connectivity index (χ2v) is 5.16. The van der Waals surface area contributed by atoms with Crippen molar-refractivity contribution in [2.45, 2.75) is 37.8 Å². The number of rotatable bonds is 7. The number of hydrogen-bond acceptors (Lipinski definition) is 3. The van der Waals surface area contributed by atoms with E-state index >= 15 is 0 Å². The number of methoxy groups -OCH3 is 1. The summed E-state index contributed by atoms with van der Waals surface area (Å²) in [7, 11) is 1.64. The van der Waals surface area contributed by atoms with Crippen LogP contribution >= 0.6 is 0 Å². The Hall–Kier alpha value is -1.26. The Morgan fingerprint density at radius 2 is 1.84 bits per heavy atom. The van der Waals surface area contributed by atoms with Crippen molar-refractivity contribution in [3.8, 4) is 11.5 Å². The van der Waals surface area contributed by atoms with Gasteiger partial charge in [-0.2, -0.15) is 0 Å². The van der Waals surface area contributed by atoms with Crippen LogP contribution in [0.15, 0.2) is 24.3 Å². The molecular weight excluding hydrogens is 242 g/mol. The molecular formula is C15H24NO3+. The van der Waals surface area contributed by atoms with Crippen LogP contribution in [-0.2, 0) is 0 Å². The predicted molar refractivity (Wildman–Crippen MR) is 73.5 cm³/mol. The molecule has 0 saturated heterocycles. The van der Waals surface area contributed by atoms with Gasteiger partial charge in [0, 0.05) is 0 Å². The fraction of sp³-hybridized carbons (Fsp3) is 0.600. The number of hydrogen-bond donors (Lipinski definition) is 2. The van der Waals surface area contributed by atoms with E-state index in [1.807, 2.05) is 24.3 Å². The molecule has 1 atom stereocenters. The van der Waals surface area contributed by atoms with Crippen molar-refractivity contribution in [1.29, 1.82) is 0 Å². The lowest BCUT2D eigenvalue weighted by atomic mass is 10.2. The van der Waals surface area contributed by atoms with E-state index in [-0.39, 0.29) is 0 Å². The molecule has 0 spiro atoms. The van der Waals surface area contributed by atoms with Crippen LogP contribution in [0.3, 0.4) is 0 Å². The van der Waals surface area contributed by atoms with E-state index in [0.29, 0.717) is 12.6 Å². The molecule has 0 heterocycles. The smallest absolute Gasteiger partial charge is 0.137 e. The fourth-order valence-corrected chi connectivity index (χ4v) is 2.48. The van der Waals surface area contributed by atoms with Crippen molar-refractivity contribution in [3.05, 3.63) is 24.3 Å². The Balaban J connectivity index is 1.65. The average Bonchev–Trinajstić information content (AvgIpc) is 2.96. The monoisotopic (exact) mass is 266 g/mol. The minimum Gasteiger partial charge on any atom is -0.497 e. The van der Waals surface area contributed by atoms with E-state index in [2.05, 4.69) is 5.32 Å². The normalized spacial score (nSPS) is 17.4. The third-order valence-corrected chi connectivity index (χ3v) is 3.64. The van der Waals surface area contributed by atoms with Gasteiger partial charge in [-0.3, -0.25) is 0 Å². The van der Waals surface area contributed by atoms with Crippen LogP contribution in [-0.4, -0.2) is 37.5 Å². The summed E-state index contributed by atoms with van der Waals surface area (Å²) in [5.74, 6) is 1.57. The van der Waals surface area contributed by atoms with E-state index in [1.165, 1.54) is 25.7 Å². The van der Waals surface area contributed by atoms with Gasteiger partial charge in [0.1, 0.15) is 30.8 Å². The highest BCUT2D eigenvalue weighted by atomic mass is 16.5. The Morgan fingerprint density at radius 3 is 2.47 bits per heavy atom. The molecule has 1 saturated carbocycles. The Kier molecular flexibility index (Phi) is 5.48. The maximum absolute atomic E-state index is 9.89. The topological polar surface area (TPSA) is 55.3 Å². The number of benzene rings is 1. The lowest BCUT2D eigenvalue weighted by Crippen LogP contribution is -2.91. The van der Waals surface area contributed by atoms with Crippen LogP contribution in [0.2, 0.25) is 0 Å². The molecule has 1 aliphatic carbocycles. The molecule has 2 rings (SSSR count). The minimum atomic E-state index is -0.414. The van der Waals surface area contributed by atoms with E-state index in [1.54, 1.807) is 7.11 Å². The quantitative estimate of drug-likeness (QED) is 0.772. The van der Waals surface area contributed by atoms with Gasteiger partial charge in [-0.15, -0.1) is 0 Å². The van der Waals surface area contributed by atoms with Gasteiger partial charge in [0.25, 0.3) is 0 Å². The van der Waals surface area contributed by atoms with Gasteiger partial charge >= 0.3 is 0 Å². The van der Waals surface area contributed by atoms with Crippen LogP contribution in [0.4, 0.5) is 0 Å². The molecule has 106 valence electrons. The maximum atomic E-state index is 9.89. The number of quaternary nitrogens is 1. The van der Waals surface area contributed by atoms with Crippen molar-refractivity contribution in [1.82, 2.24) is 0 Å². The molecule has 0 bridgehead atoms. The lowest BCUT2D eigenvalue weighted by molar-refractivity contribution is -0.693. The summed E-state index contributed by atoms with van der Waals surface area (Å²) in [6.07, 6.45) is 4.82. The van der Waals surface area contributed by atoms with Gasteiger partial charge in [-0.25, -0.2) is 0 Å². The van der Waals surface area contributed by atoms with Gasteiger partial charge in [0.05, 0.1) is 13.2 Å². The fourth-order valence-electron chi connectivity index (χ4n) is 2.48. The predicted octanol–water partition coefficient (Wildman–Crippen LogP) is 0.941. The first kappa shape index (κ1) is 14.2. The molecule has 4 heteroatoms. The van der Waals surface area contributed by atoms with Crippen molar-refractivity contribution >= 4 is 0 Å². The van der Waals surface area contributed by atoms with Gasteiger partial charge in [-0.05, 0) is 49.9 Å². The summed E-state index contributed by atoms with van der Waals surface area (Å²) in [6.45, 7) is 1.07. The molecule has 19 heavy (non-hydrogen) atoms. The zero-order valence-electron chi connectivity index (χ0n) is 11.5. The highest BCUT2D eigenvalue weighted by molar-refractivity contribution is 5.31. The molecule has 4 nitrogen and oxygen atoms in total. The van der Waals surface area contributed by atoms with Crippen molar-refractivity contribution in [2.24, 2.45) is 0 Å². The van der Waals surface area contributed by atoms with E-state index in [0.717, 1.165) is 18.0 Å². The first-order valence-corrected chi connectivity index (χ1v) is 7.06. The highest BCUT2D eigenvalue weighted by Crippen LogP contribution is 2.17. The molecule has 0 radical (unpaired) electrons. The van der Waals surface area contributed by atoms with Crippen LogP contribution < -0.4 is 14.8 Å². The Morgan fingerprint density at radius 1 is 1.21 bits per heavy atom. The largest absolute Gasteiger partial charge is 0.497 e. The summed E-state index contributed by atoms with van der Waals surface area (Å²) >= 11 is 0. The van der Waals surface area contributed by atoms with Gasteiger partial charge in [-0.1, -0.05) is 0 Å². The number of aliphatic hydroxyl groups is 1. The van der Waals surface area contributed by atoms with E-state index in [4.69, 9.17) is 9.47 Å². The molecule has 0 unspecified atom stereocenters. The molecule has 0 amide bonds. The van der Waals surface area contributed by atoms with E-state index in [9.17, 15) is 5.11 Å². The van der Waals surface area contributed by atoms with Crippen LogP contribution in [0, 0.1) is 0 Å². The van der Waals surface area contributed by atoms with Crippen LogP contribution in [0.1, 0.15) is 25.7 Å². The standard InChI is InChI=1S/C15H23NO3/c1-18-14-6-8-15(9-7-14)19-11-13(17)10-16-12-4-2-3-5-12/h6-9,12-13,16-17H,2-5,10-11H2,1H3/p+1/t13-/m1/s1. The molecule has 1 aromatic rings. The van der Waals surface area contributed by atoms with Crippen LogP contribution in [0.25, 0.3) is 0 Å². The summed E-state index contributed by atoms with van der Waals surface area (Å²) < 4.78 is 10.6. The van der Waals surface area contributed by atoms with E-state index < -0.39 is 6.10 Å². The molecule has 1 aliphatic rings.